The molecule has 2 nitrogen and oxygen atoms in total. The summed E-state index contributed by atoms with van der Waals surface area (Å²) >= 11 is 0. The van der Waals surface area contributed by atoms with Gasteiger partial charge in [-0.25, -0.2) is 0 Å². The van der Waals surface area contributed by atoms with Gasteiger partial charge in [0.05, 0.1) is 6.61 Å². The molecule has 2 fully saturated rings. The molecule has 2 heteroatoms. The summed E-state index contributed by atoms with van der Waals surface area (Å²) < 4.78 is 0. The summed E-state index contributed by atoms with van der Waals surface area (Å²) in [6.07, 6.45) is 7.02. The molecule has 0 unspecified atom stereocenters. The Morgan fingerprint density at radius 2 is 1.92 bits per heavy atom. The van der Waals surface area contributed by atoms with Crippen molar-refractivity contribution in [3.8, 4) is 0 Å². The molecule has 70 valence electrons. The predicted molar refractivity (Wildman–Crippen MR) is 49.0 cm³/mol. The van der Waals surface area contributed by atoms with Crippen molar-refractivity contribution in [3.63, 3.8) is 0 Å². The standard InChI is InChI=1S/C10H19NO/c12-7-6-11(10-4-5-10)8-9-2-1-3-9/h9-10,12H,1-8H2. The van der Waals surface area contributed by atoms with Gasteiger partial charge in [0.1, 0.15) is 0 Å². The second-order valence-corrected chi connectivity index (χ2v) is 4.25. The molecule has 2 rings (SSSR count). The molecule has 0 heterocycles. The van der Waals surface area contributed by atoms with Gasteiger partial charge in [-0.1, -0.05) is 6.42 Å². The Hall–Kier alpha value is -0.0800. The lowest BCUT2D eigenvalue weighted by atomic mass is 9.85. The lowest BCUT2D eigenvalue weighted by Gasteiger charge is -2.32. The molecule has 0 spiro atoms. The number of hydrogen-bond acceptors (Lipinski definition) is 2. The molecule has 0 aromatic rings. The normalized spacial score (nSPS) is 24.5. The van der Waals surface area contributed by atoms with E-state index in [-0.39, 0.29) is 0 Å². The van der Waals surface area contributed by atoms with E-state index in [0.717, 1.165) is 18.5 Å². The Kier molecular flexibility index (Phi) is 2.66. The first-order valence-electron chi connectivity index (χ1n) is 5.25. The molecular formula is C10H19NO. The number of aliphatic hydroxyl groups is 1. The van der Waals surface area contributed by atoms with Crippen LogP contribution in [0.4, 0.5) is 0 Å². The van der Waals surface area contributed by atoms with E-state index in [9.17, 15) is 0 Å². The van der Waals surface area contributed by atoms with Crippen molar-refractivity contribution in [1.82, 2.24) is 4.90 Å². The van der Waals surface area contributed by atoms with E-state index in [1.807, 2.05) is 0 Å². The van der Waals surface area contributed by atoms with E-state index in [1.54, 1.807) is 0 Å². The molecule has 2 saturated carbocycles. The fourth-order valence-electron chi connectivity index (χ4n) is 2.00. The highest BCUT2D eigenvalue weighted by Gasteiger charge is 2.31. The summed E-state index contributed by atoms with van der Waals surface area (Å²) in [6, 6.07) is 0.831. The lowest BCUT2D eigenvalue weighted by Crippen LogP contribution is -2.36. The third-order valence-electron chi connectivity index (χ3n) is 3.17. The molecule has 2 aliphatic rings. The van der Waals surface area contributed by atoms with Gasteiger partial charge in [0.15, 0.2) is 0 Å². The highest BCUT2D eigenvalue weighted by atomic mass is 16.3. The third kappa shape index (κ3) is 1.99. The average molecular weight is 169 g/mol. The van der Waals surface area contributed by atoms with Crippen LogP contribution in [0, 0.1) is 5.92 Å². The molecule has 0 amide bonds. The molecule has 0 atom stereocenters. The zero-order valence-corrected chi connectivity index (χ0v) is 7.71. The number of hydrogen-bond donors (Lipinski definition) is 1. The van der Waals surface area contributed by atoms with E-state index < -0.39 is 0 Å². The predicted octanol–water partition coefficient (Wildman–Crippen LogP) is 1.24. The highest BCUT2D eigenvalue weighted by Crippen LogP contribution is 2.32. The third-order valence-corrected chi connectivity index (χ3v) is 3.17. The van der Waals surface area contributed by atoms with Gasteiger partial charge >= 0.3 is 0 Å². The molecule has 0 aliphatic heterocycles. The van der Waals surface area contributed by atoms with Crippen LogP contribution >= 0.6 is 0 Å². The highest BCUT2D eigenvalue weighted by molar-refractivity contribution is 4.86. The fourth-order valence-corrected chi connectivity index (χ4v) is 2.00. The molecule has 0 bridgehead atoms. The van der Waals surface area contributed by atoms with Crippen LogP contribution in [0.2, 0.25) is 0 Å². The molecule has 0 saturated heterocycles. The topological polar surface area (TPSA) is 23.5 Å². The number of aliphatic hydroxyl groups excluding tert-OH is 1. The summed E-state index contributed by atoms with van der Waals surface area (Å²) in [5.41, 5.74) is 0. The molecule has 1 N–H and O–H groups in total. The first-order chi connectivity index (χ1) is 5.90. The Balaban J connectivity index is 1.71. The molecule has 0 radical (unpaired) electrons. The molecule has 0 aromatic heterocycles. The largest absolute Gasteiger partial charge is 0.395 e. The van der Waals surface area contributed by atoms with Gasteiger partial charge in [-0.2, -0.15) is 0 Å². The van der Waals surface area contributed by atoms with Crippen LogP contribution in [0.25, 0.3) is 0 Å². The van der Waals surface area contributed by atoms with Crippen molar-refractivity contribution >= 4 is 0 Å². The maximum absolute atomic E-state index is 8.88. The van der Waals surface area contributed by atoms with Crippen molar-refractivity contribution in [2.24, 2.45) is 5.92 Å². The van der Waals surface area contributed by atoms with Gasteiger partial charge in [-0.05, 0) is 31.6 Å². The molecular weight excluding hydrogens is 150 g/mol. The second kappa shape index (κ2) is 3.75. The summed E-state index contributed by atoms with van der Waals surface area (Å²) in [7, 11) is 0. The fraction of sp³-hybridized carbons (Fsp3) is 1.00. The van der Waals surface area contributed by atoms with Gasteiger partial charge in [0, 0.05) is 19.1 Å². The quantitative estimate of drug-likeness (QED) is 0.669. The van der Waals surface area contributed by atoms with Crippen molar-refractivity contribution in [2.45, 2.75) is 38.1 Å². The maximum Gasteiger partial charge on any atom is 0.0558 e. The van der Waals surface area contributed by atoms with E-state index in [1.165, 1.54) is 38.6 Å². The summed E-state index contributed by atoms with van der Waals surface area (Å²) in [5, 5.41) is 8.88. The Morgan fingerprint density at radius 1 is 1.17 bits per heavy atom. The van der Waals surface area contributed by atoms with Crippen LogP contribution in [-0.2, 0) is 0 Å². The van der Waals surface area contributed by atoms with Crippen LogP contribution in [0.3, 0.4) is 0 Å². The molecule has 12 heavy (non-hydrogen) atoms. The van der Waals surface area contributed by atoms with E-state index in [0.29, 0.717) is 6.61 Å². The van der Waals surface area contributed by atoms with Crippen LogP contribution < -0.4 is 0 Å². The van der Waals surface area contributed by atoms with Crippen molar-refractivity contribution in [1.29, 1.82) is 0 Å². The monoisotopic (exact) mass is 169 g/mol. The summed E-state index contributed by atoms with van der Waals surface area (Å²) in [5.74, 6) is 0.956. The van der Waals surface area contributed by atoms with Gasteiger partial charge in [-0.3, -0.25) is 4.90 Å². The first-order valence-corrected chi connectivity index (χ1v) is 5.25. The average Bonchev–Trinajstić information content (AvgIpc) is 2.76. The second-order valence-electron chi connectivity index (χ2n) is 4.25. The van der Waals surface area contributed by atoms with Crippen LogP contribution in [-0.4, -0.2) is 35.7 Å². The smallest absolute Gasteiger partial charge is 0.0558 e. The first kappa shape index (κ1) is 8.52. The minimum atomic E-state index is 0.337. The van der Waals surface area contributed by atoms with Crippen LogP contribution in [0.1, 0.15) is 32.1 Å². The maximum atomic E-state index is 8.88. The number of rotatable bonds is 5. The van der Waals surface area contributed by atoms with Crippen molar-refractivity contribution in [3.05, 3.63) is 0 Å². The van der Waals surface area contributed by atoms with E-state index >= 15 is 0 Å². The van der Waals surface area contributed by atoms with Gasteiger partial charge < -0.3 is 5.11 Å². The minimum absolute atomic E-state index is 0.337. The molecule has 0 aromatic carbocycles. The van der Waals surface area contributed by atoms with E-state index in [2.05, 4.69) is 4.90 Å². The van der Waals surface area contributed by atoms with Gasteiger partial charge in [0.2, 0.25) is 0 Å². The summed E-state index contributed by atoms with van der Waals surface area (Å²) in [4.78, 5) is 2.49. The molecule has 2 aliphatic carbocycles. The van der Waals surface area contributed by atoms with Crippen molar-refractivity contribution in [2.75, 3.05) is 19.7 Å². The number of nitrogens with zero attached hydrogens (tertiary/aromatic N) is 1. The SMILES string of the molecule is OCCN(CC1CCC1)C1CC1. The van der Waals surface area contributed by atoms with E-state index in [4.69, 9.17) is 5.11 Å². The van der Waals surface area contributed by atoms with Gasteiger partial charge in [-0.15, -0.1) is 0 Å². The lowest BCUT2D eigenvalue weighted by molar-refractivity contribution is 0.140. The van der Waals surface area contributed by atoms with Crippen molar-refractivity contribution < 1.29 is 5.11 Å². The Morgan fingerprint density at radius 3 is 2.33 bits per heavy atom. The Bertz CT molecular complexity index is 141. The zero-order valence-electron chi connectivity index (χ0n) is 7.71. The minimum Gasteiger partial charge on any atom is -0.395 e. The van der Waals surface area contributed by atoms with Crippen LogP contribution in [0.15, 0.2) is 0 Å². The Labute approximate surface area is 74.6 Å². The van der Waals surface area contributed by atoms with Crippen LogP contribution in [0.5, 0.6) is 0 Å². The zero-order chi connectivity index (χ0) is 8.39. The summed E-state index contributed by atoms with van der Waals surface area (Å²) in [6.45, 7) is 2.50. The van der Waals surface area contributed by atoms with Gasteiger partial charge in [0.25, 0.3) is 0 Å².